The molecule has 0 saturated carbocycles. The van der Waals surface area contributed by atoms with Crippen LogP contribution < -0.4 is 16.0 Å². The van der Waals surface area contributed by atoms with Gasteiger partial charge in [-0.1, -0.05) is 48.0 Å². The highest BCUT2D eigenvalue weighted by Gasteiger charge is 2.20. The molecule has 0 aromatic heterocycles. The number of carbonyl (C=O) groups is 4. The third-order valence-corrected chi connectivity index (χ3v) is 7.64. The first-order chi connectivity index (χ1) is 21.2. The smallest absolute Gasteiger partial charge is 0.339 e. The summed E-state index contributed by atoms with van der Waals surface area (Å²) >= 11 is 7.44. The highest BCUT2D eigenvalue weighted by molar-refractivity contribution is 8.00. The predicted molar refractivity (Wildman–Crippen MR) is 170 cm³/mol. The minimum Gasteiger partial charge on any atom is -0.465 e. The lowest BCUT2D eigenvalue weighted by atomic mass is 10.1. The number of ether oxygens (including phenoxy) is 1. The average Bonchev–Trinajstić information content (AvgIpc) is 3.03. The fourth-order valence-corrected chi connectivity index (χ4v) is 5.01. The number of carbonyl (C=O) groups excluding carboxylic acids is 4. The van der Waals surface area contributed by atoms with E-state index in [1.54, 1.807) is 85.8 Å². The number of hydrogen-bond acceptors (Lipinski definition) is 6. The lowest BCUT2D eigenvalue weighted by molar-refractivity contribution is -0.115. The standard InChI is InChI=1S/C33H27ClFN3O5S/c1-20(30(39)37-28-14-7-6-11-24(28)33(42)43-2)44-23-17-15-22(16-18-23)36-32(41)29(19-25-26(34)12-8-13-27(25)35)38-31(40)21-9-4-3-5-10-21/h3-20H,1-2H3,(H,36,41)(H,37,39)(H,38,40)/b29-19-. The Labute approximate surface area is 262 Å². The summed E-state index contributed by atoms with van der Waals surface area (Å²) in [5, 5.41) is 7.54. The number of thioether (sulfide) groups is 1. The van der Waals surface area contributed by atoms with E-state index in [1.807, 2.05) is 0 Å². The molecular formula is C33H27ClFN3O5S. The normalized spacial score (nSPS) is 11.7. The quantitative estimate of drug-likeness (QED) is 0.101. The monoisotopic (exact) mass is 631 g/mol. The summed E-state index contributed by atoms with van der Waals surface area (Å²) < 4.78 is 19.3. The Balaban J connectivity index is 1.46. The molecule has 0 aliphatic carbocycles. The van der Waals surface area contributed by atoms with Crippen LogP contribution in [0.15, 0.2) is 108 Å². The molecule has 8 nitrogen and oxygen atoms in total. The second-order valence-electron chi connectivity index (χ2n) is 9.28. The van der Waals surface area contributed by atoms with E-state index in [4.69, 9.17) is 16.3 Å². The molecule has 4 aromatic carbocycles. The predicted octanol–water partition coefficient (Wildman–Crippen LogP) is 6.79. The van der Waals surface area contributed by atoms with Crippen LogP contribution in [0.2, 0.25) is 5.02 Å². The van der Waals surface area contributed by atoms with Crippen molar-refractivity contribution in [2.45, 2.75) is 17.1 Å². The lowest BCUT2D eigenvalue weighted by Crippen LogP contribution is -2.30. The van der Waals surface area contributed by atoms with E-state index in [0.29, 0.717) is 16.9 Å². The zero-order chi connectivity index (χ0) is 31.6. The molecule has 224 valence electrons. The Morgan fingerprint density at radius 2 is 1.55 bits per heavy atom. The van der Waals surface area contributed by atoms with Gasteiger partial charge in [0.1, 0.15) is 11.5 Å². The first-order valence-electron chi connectivity index (χ1n) is 13.2. The van der Waals surface area contributed by atoms with Crippen LogP contribution in [-0.4, -0.2) is 36.1 Å². The molecule has 0 saturated heterocycles. The number of nitrogens with one attached hydrogen (secondary N) is 3. The molecule has 44 heavy (non-hydrogen) atoms. The number of esters is 1. The van der Waals surface area contributed by atoms with Crippen LogP contribution in [0.4, 0.5) is 15.8 Å². The van der Waals surface area contributed by atoms with Crippen LogP contribution in [-0.2, 0) is 14.3 Å². The van der Waals surface area contributed by atoms with E-state index in [9.17, 15) is 23.6 Å². The van der Waals surface area contributed by atoms with Crippen LogP contribution in [0.3, 0.4) is 0 Å². The SMILES string of the molecule is COC(=O)c1ccccc1NC(=O)C(C)Sc1ccc(NC(=O)/C(=C/c2c(F)cccc2Cl)NC(=O)c2ccccc2)cc1. The van der Waals surface area contributed by atoms with Crippen molar-refractivity contribution in [1.29, 1.82) is 0 Å². The van der Waals surface area contributed by atoms with E-state index < -0.39 is 28.9 Å². The zero-order valence-electron chi connectivity index (χ0n) is 23.6. The largest absolute Gasteiger partial charge is 0.465 e. The van der Waals surface area contributed by atoms with Crippen molar-refractivity contribution in [3.05, 3.63) is 130 Å². The van der Waals surface area contributed by atoms with E-state index in [2.05, 4.69) is 16.0 Å². The number of amides is 3. The second kappa shape index (κ2) is 15.0. The van der Waals surface area contributed by atoms with Gasteiger partial charge < -0.3 is 20.7 Å². The average molecular weight is 632 g/mol. The highest BCUT2D eigenvalue weighted by Crippen LogP contribution is 2.27. The first kappa shape index (κ1) is 32.0. The van der Waals surface area contributed by atoms with Crippen LogP contribution in [0.25, 0.3) is 6.08 Å². The maximum atomic E-state index is 14.5. The fraction of sp³-hybridized carbons (Fsp3) is 0.0909. The summed E-state index contributed by atoms with van der Waals surface area (Å²) in [5.41, 5.74) is 1.01. The molecule has 1 atom stereocenters. The van der Waals surface area contributed by atoms with Crippen molar-refractivity contribution in [2.75, 3.05) is 17.7 Å². The summed E-state index contributed by atoms with van der Waals surface area (Å²) in [5.74, 6) is -2.81. The van der Waals surface area contributed by atoms with Gasteiger partial charge in [0.25, 0.3) is 11.8 Å². The van der Waals surface area contributed by atoms with Gasteiger partial charge in [0, 0.05) is 21.7 Å². The molecule has 0 aliphatic rings. The first-order valence-corrected chi connectivity index (χ1v) is 14.5. The minimum absolute atomic E-state index is 0.0547. The Kier molecular flexibility index (Phi) is 10.9. The molecule has 1 unspecified atom stereocenters. The Morgan fingerprint density at radius 1 is 0.864 bits per heavy atom. The molecule has 0 heterocycles. The van der Waals surface area contributed by atoms with Gasteiger partial charge in [-0.05, 0) is 73.7 Å². The molecule has 0 fully saturated rings. The summed E-state index contributed by atoms with van der Waals surface area (Å²) in [6.07, 6.45) is 1.18. The van der Waals surface area contributed by atoms with E-state index in [-0.39, 0.29) is 27.8 Å². The topological polar surface area (TPSA) is 114 Å². The summed E-state index contributed by atoms with van der Waals surface area (Å²) in [7, 11) is 1.27. The van der Waals surface area contributed by atoms with Crippen molar-refractivity contribution in [1.82, 2.24) is 5.32 Å². The number of para-hydroxylation sites is 1. The molecule has 4 aromatic rings. The van der Waals surface area contributed by atoms with Gasteiger partial charge in [0.15, 0.2) is 0 Å². The molecule has 3 N–H and O–H groups in total. The minimum atomic E-state index is -0.703. The Bertz CT molecular complexity index is 1690. The number of methoxy groups -OCH3 is 1. The molecule has 4 rings (SSSR count). The van der Waals surface area contributed by atoms with Gasteiger partial charge >= 0.3 is 5.97 Å². The second-order valence-corrected chi connectivity index (χ2v) is 11.1. The van der Waals surface area contributed by atoms with Gasteiger partial charge in [-0.2, -0.15) is 0 Å². The molecule has 0 bridgehead atoms. The van der Waals surface area contributed by atoms with Gasteiger partial charge in [-0.15, -0.1) is 11.8 Å². The van der Waals surface area contributed by atoms with Crippen molar-refractivity contribution in [2.24, 2.45) is 0 Å². The molecule has 11 heteroatoms. The zero-order valence-corrected chi connectivity index (χ0v) is 25.2. The van der Waals surface area contributed by atoms with Crippen LogP contribution >= 0.6 is 23.4 Å². The molecule has 0 spiro atoms. The molecular weight excluding hydrogens is 605 g/mol. The van der Waals surface area contributed by atoms with Crippen LogP contribution in [0.5, 0.6) is 0 Å². The molecule has 3 amide bonds. The van der Waals surface area contributed by atoms with E-state index >= 15 is 0 Å². The van der Waals surface area contributed by atoms with Crippen LogP contribution in [0, 0.1) is 5.82 Å². The fourth-order valence-electron chi connectivity index (χ4n) is 3.92. The maximum absolute atomic E-state index is 14.5. The van der Waals surface area contributed by atoms with Gasteiger partial charge in [-0.25, -0.2) is 9.18 Å². The van der Waals surface area contributed by atoms with Crippen molar-refractivity contribution in [3.63, 3.8) is 0 Å². The highest BCUT2D eigenvalue weighted by atomic mass is 35.5. The van der Waals surface area contributed by atoms with Crippen molar-refractivity contribution < 1.29 is 28.3 Å². The van der Waals surface area contributed by atoms with Crippen LogP contribution in [0.1, 0.15) is 33.2 Å². The molecule has 0 radical (unpaired) electrons. The summed E-state index contributed by atoms with van der Waals surface area (Å²) in [6.45, 7) is 1.72. The lowest BCUT2D eigenvalue weighted by Gasteiger charge is -2.15. The molecule has 0 aliphatic heterocycles. The number of anilines is 2. The van der Waals surface area contributed by atoms with Gasteiger partial charge in [-0.3, -0.25) is 14.4 Å². The number of halogens is 2. The number of benzene rings is 4. The van der Waals surface area contributed by atoms with E-state index in [0.717, 1.165) is 4.90 Å². The third kappa shape index (κ3) is 8.33. The Hall–Kier alpha value is -4.93. The van der Waals surface area contributed by atoms with Crippen molar-refractivity contribution in [3.8, 4) is 0 Å². The maximum Gasteiger partial charge on any atom is 0.339 e. The summed E-state index contributed by atoms with van der Waals surface area (Å²) in [4.78, 5) is 51.7. The Morgan fingerprint density at radius 3 is 2.23 bits per heavy atom. The third-order valence-electron chi connectivity index (χ3n) is 6.20. The van der Waals surface area contributed by atoms with Gasteiger partial charge in [0.05, 0.1) is 28.6 Å². The number of rotatable bonds is 10. The van der Waals surface area contributed by atoms with Crippen molar-refractivity contribution >= 4 is 64.5 Å². The number of hydrogen-bond donors (Lipinski definition) is 3. The summed E-state index contributed by atoms with van der Waals surface area (Å²) in [6, 6.07) is 25.6. The van der Waals surface area contributed by atoms with E-state index in [1.165, 1.54) is 43.1 Å². The van der Waals surface area contributed by atoms with Gasteiger partial charge in [0.2, 0.25) is 5.91 Å².